The van der Waals surface area contributed by atoms with E-state index in [1.807, 2.05) is 18.2 Å². The van der Waals surface area contributed by atoms with Gasteiger partial charge in [-0.2, -0.15) is 0 Å². The fraction of sp³-hybridized carbons (Fsp3) is 0.286. The van der Waals surface area contributed by atoms with Crippen LogP contribution >= 0.6 is 0 Å². The summed E-state index contributed by atoms with van der Waals surface area (Å²) in [7, 11) is 0. The number of pyridine rings is 1. The predicted octanol–water partition coefficient (Wildman–Crippen LogP) is 2.56. The van der Waals surface area contributed by atoms with Crippen LogP contribution in [0.15, 0.2) is 30.5 Å². The first-order valence-corrected chi connectivity index (χ1v) is 6.17. The molecule has 1 aliphatic rings. The molecule has 0 saturated heterocycles. The molecule has 4 heteroatoms. The number of carbonyl (C=O) groups excluding carboxylic acids is 1. The van der Waals surface area contributed by atoms with E-state index >= 15 is 0 Å². The van der Waals surface area contributed by atoms with Gasteiger partial charge >= 0.3 is 0 Å². The minimum atomic E-state index is 0.0763. The zero-order valence-electron chi connectivity index (χ0n) is 10.0. The molecule has 0 spiro atoms. The second kappa shape index (κ2) is 4.29. The lowest BCUT2D eigenvalue weighted by atomic mass is 10.1. The van der Waals surface area contributed by atoms with E-state index in [1.54, 1.807) is 12.3 Å². The summed E-state index contributed by atoms with van der Waals surface area (Å²) in [5, 5.41) is 3.84. The van der Waals surface area contributed by atoms with Crippen LogP contribution in [-0.4, -0.2) is 10.9 Å². The van der Waals surface area contributed by atoms with Gasteiger partial charge in [0.05, 0.1) is 16.9 Å². The molecule has 1 aromatic heterocycles. The third-order valence-corrected chi connectivity index (χ3v) is 3.25. The normalized spacial score (nSPS) is 14.7. The third kappa shape index (κ3) is 2.14. The van der Waals surface area contributed by atoms with E-state index in [2.05, 4.69) is 10.3 Å². The van der Waals surface area contributed by atoms with Crippen LogP contribution in [0.1, 0.15) is 19.3 Å². The maximum Gasteiger partial charge on any atom is 0.224 e. The Morgan fingerprint density at radius 2 is 2.22 bits per heavy atom. The molecule has 92 valence electrons. The molecule has 0 radical (unpaired) electrons. The highest BCUT2D eigenvalue weighted by Crippen LogP contribution is 2.33. The monoisotopic (exact) mass is 241 g/mol. The number of rotatable bonds is 3. The number of nitrogen functional groups attached to an aromatic ring is 1. The van der Waals surface area contributed by atoms with Gasteiger partial charge in [0.15, 0.2) is 0 Å². The highest BCUT2D eigenvalue weighted by Gasteiger charge is 2.24. The molecule has 0 atom stereocenters. The number of hydrogen-bond donors (Lipinski definition) is 2. The van der Waals surface area contributed by atoms with Crippen LogP contribution in [0.3, 0.4) is 0 Å². The summed E-state index contributed by atoms with van der Waals surface area (Å²) < 4.78 is 0. The van der Waals surface area contributed by atoms with E-state index in [-0.39, 0.29) is 5.91 Å². The molecule has 0 aliphatic heterocycles. The van der Waals surface area contributed by atoms with Crippen molar-refractivity contribution >= 4 is 28.2 Å². The maximum absolute atomic E-state index is 11.8. The number of benzene rings is 1. The van der Waals surface area contributed by atoms with Crippen LogP contribution in [0.2, 0.25) is 0 Å². The number of nitrogens with zero attached hydrogens (tertiary/aromatic N) is 1. The Balaban J connectivity index is 1.91. The Morgan fingerprint density at radius 1 is 1.39 bits per heavy atom. The molecule has 2 aromatic rings. The first kappa shape index (κ1) is 11.0. The van der Waals surface area contributed by atoms with Crippen molar-refractivity contribution in [3.05, 3.63) is 30.5 Å². The lowest BCUT2D eigenvalue weighted by molar-refractivity contribution is -0.116. The predicted molar refractivity (Wildman–Crippen MR) is 72.1 cm³/mol. The fourth-order valence-corrected chi connectivity index (χ4v) is 2.09. The Bertz CT molecular complexity index is 605. The van der Waals surface area contributed by atoms with Crippen LogP contribution in [0.25, 0.3) is 10.9 Å². The number of amides is 1. The summed E-state index contributed by atoms with van der Waals surface area (Å²) in [5.74, 6) is 0.663. The molecule has 1 aliphatic carbocycles. The molecule has 1 saturated carbocycles. The topological polar surface area (TPSA) is 68.0 Å². The van der Waals surface area contributed by atoms with E-state index in [1.165, 1.54) is 12.8 Å². The average molecular weight is 241 g/mol. The van der Waals surface area contributed by atoms with Gasteiger partial charge in [-0.25, -0.2) is 0 Å². The summed E-state index contributed by atoms with van der Waals surface area (Å²) >= 11 is 0. The van der Waals surface area contributed by atoms with Crippen LogP contribution in [0.5, 0.6) is 0 Å². The maximum atomic E-state index is 11.8. The molecule has 0 bridgehead atoms. The van der Waals surface area contributed by atoms with Crippen molar-refractivity contribution in [2.75, 3.05) is 11.1 Å². The SMILES string of the molecule is Nc1ccc(NC(=O)CC2CC2)c2cccnc12. The van der Waals surface area contributed by atoms with Gasteiger partial charge in [0.1, 0.15) is 0 Å². The van der Waals surface area contributed by atoms with Gasteiger partial charge in [-0.05, 0) is 43.0 Å². The summed E-state index contributed by atoms with van der Waals surface area (Å²) in [5.41, 5.74) is 8.03. The Labute approximate surface area is 105 Å². The van der Waals surface area contributed by atoms with Crippen molar-refractivity contribution in [1.29, 1.82) is 0 Å². The van der Waals surface area contributed by atoms with Crippen LogP contribution < -0.4 is 11.1 Å². The molecular weight excluding hydrogens is 226 g/mol. The van der Waals surface area contributed by atoms with Crippen LogP contribution in [0, 0.1) is 5.92 Å². The van der Waals surface area contributed by atoms with Gasteiger partial charge in [0, 0.05) is 18.0 Å². The van der Waals surface area contributed by atoms with Gasteiger partial charge in [-0.3, -0.25) is 9.78 Å². The summed E-state index contributed by atoms with van der Waals surface area (Å²) in [6.07, 6.45) is 4.68. The molecule has 3 N–H and O–H groups in total. The largest absolute Gasteiger partial charge is 0.397 e. The van der Waals surface area contributed by atoms with E-state index in [0.29, 0.717) is 18.0 Å². The number of hydrogen-bond acceptors (Lipinski definition) is 3. The van der Waals surface area contributed by atoms with Crippen molar-refractivity contribution in [2.45, 2.75) is 19.3 Å². The second-order valence-electron chi connectivity index (χ2n) is 4.80. The van der Waals surface area contributed by atoms with Crippen LogP contribution in [0.4, 0.5) is 11.4 Å². The van der Waals surface area contributed by atoms with Gasteiger partial charge < -0.3 is 11.1 Å². The highest BCUT2D eigenvalue weighted by molar-refractivity contribution is 6.04. The minimum Gasteiger partial charge on any atom is -0.397 e. The van der Waals surface area contributed by atoms with Crippen molar-refractivity contribution in [3.63, 3.8) is 0 Å². The van der Waals surface area contributed by atoms with Crippen molar-refractivity contribution in [2.24, 2.45) is 5.92 Å². The Kier molecular flexibility index (Phi) is 2.63. The number of fused-ring (bicyclic) bond motifs is 1. The standard InChI is InChI=1S/C14H15N3O/c15-11-5-6-12(10-2-1-7-16-14(10)11)17-13(18)8-9-3-4-9/h1-2,5-7,9H,3-4,8,15H2,(H,17,18). The Hall–Kier alpha value is -2.10. The van der Waals surface area contributed by atoms with Gasteiger partial charge in [-0.15, -0.1) is 0 Å². The van der Waals surface area contributed by atoms with E-state index in [9.17, 15) is 4.79 Å². The first-order valence-electron chi connectivity index (χ1n) is 6.17. The summed E-state index contributed by atoms with van der Waals surface area (Å²) in [6, 6.07) is 7.38. The first-order chi connectivity index (χ1) is 8.74. The fourth-order valence-electron chi connectivity index (χ4n) is 2.09. The zero-order valence-corrected chi connectivity index (χ0v) is 10.0. The lowest BCUT2D eigenvalue weighted by Gasteiger charge is -2.09. The average Bonchev–Trinajstić information content (AvgIpc) is 3.17. The smallest absolute Gasteiger partial charge is 0.224 e. The third-order valence-electron chi connectivity index (χ3n) is 3.25. The number of nitrogens with two attached hydrogens (primary N) is 1. The number of carbonyl (C=O) groups is 1. The molecule has 1 heterocycles. The molecule has 1 fully saturated rings. The van der Waals surface area contributed by atoms with E-state index in [0.717, 1.165) is 16.6 Å². The van der Waals surface area contributed by atoms with Gasteiger partial charge in [-0.1, -0.05) is 0 Å². The van der Waals surface area contributed by atoms with Crippen LogP contribution in [-0.2, 0) is 4.79 Å². The lowest BCUT2D eigenvalue weighted by Crippen LogP contribution is -2.12. The molecule has 18 heavy (non-hydrogen) atoms. The Morgan fingerprint density at radius 3 is 3.00 bits per heavy atom. The van der Waals surface area contributed by atoms with Gasteiger partial charge in [0.2, 0.25) is 5.91 Å². The van der Waals surface area contributed by atoms with Crippen molar-refractivity contribution in [1.82, 2.24) is 4.98 Å². The zero-order chi connectivity index (χ0) is 12.5. The molecule has 1 aromatic carbocycles. The van der Waals surface area contributed by atoms with Crippen molar-refractivity contribution in [3.8, 4) is 0 Å². The number of nitrogens with one attached hydrogen (secondary N) is 1. The summed E-state index contributed by atoms with van der Waals surface area (Å²) in [4.78, 5) is 16.1. The second-order valence-corrected chi connectivity index (χ2v) is 4.80. The molecular formula is C14H15N3O. The van der Waals surface area contributed by atoms with E-state index < -0.39 is 0 Å². The number of anilines is 2. The molecule has 3 rings (SSSR count). The molecule has 1 amide bonds. The summed E-state index contributed by atoms with van der Waals surface area (Å²) in [6.45, 7) is 0. The van der Waals surface area contributed by atoms with E-state index in [4.69, 9.17) is 5.73 Å². The molecule has 0 unspecified atom stereocenters. The number of aromatic nitrogens is 1. The van der Waals surface area contributed by atoms with Crippen molar-refractivity contribution < 1.29 is 4.79 Å². The highest BCUT2D eigenvalue weighted by atomic mass is 16.1. The minimum absolute atomic E-state index is 0.0763. The van der Waals surface area contributed by atoms with Gasteiger partial charge in [0.25, 0.3) is 0 Å². The quantitative estimate of drug-likeness (QED) is 0.811. The molecule has 4 nitrogen and oxygen atoms in total.